The highest BCUT2D eigenvalue weighted by molar-refractivity contribution is 6.03. The van der Waals surface area contributed by atoms with Gasteiger partial charge < -0.3 is 5.73 Å². The average molecular weight is 503 g/mol. The van der Waals surface area contributed by atoms with Crippen LogP contribution in [-0.4, -0.2) is 25.9 Å². The molecule has 4 aromatic carbocycles. The number of nitrogens with zero attached hydrogens (tertiary/aromatic N) is 3. The topological polar surface area (TPSA) is 113 Å². The normalized spacial score (nSPS) is 10.6. The van der Waals surface area contributed by atoms with Gasteiger partial charge in [0.05, 0.1) is 16.0 Å². The molecule has 0 aliphatic heterocycles. The van der Waals surface area contributed by atoms with E-state index in [-0.39, 0.29) is 17.5 Å². The zero-order valence-corrected chi connectivity index (χ0v) is 20.1. The summed E-state index contributed by atoms with van der Waals surface area (Å²) in [5.41, 5.74) is 9.22. The number of aromatic nitrogens is 2. The van der Waals surface area contributed by atoms with Gasteiger partial charge in [0.25, 0.3) is 17.5 Å². The first-order chi connectivity index (χ1) is 18.4. The molecule has 0 saturated heterocycles. The number of carbonyl (C=O) groups is 2. The first-order valence-electron chi connectivity index (χ1n) is 11.7. The molecule has 8 heteroatoms. The number of non-ortho nitro benzene ring substituents is 1. The number of hydrogen-bond acceptors (Lipinski definition) is 5. The van der Waals surface area contributed by atoms with Crippen molar-refractivity contribution in [2.45, 2.75) is 0 Å². The van der Waals surface area contributed by atoms with Gasteiger partial charge in [0.15, 0.2) is 0 Å². The van der Waals surface area contributed by atoms with Gasteiger partial charge >= 0.3 is 0 Å². The van der Waals surface area contributed by atoms with Gasteiger partial charge in [-0.15, -0.1) is 0 Å². The van der Waals surface area contributed by atoms with E-state index >= 15 is 0 Å². The predicted molar refractivity (Wildman–Crippen MR) is 147 cm³/mol. The molecule has 0 fully saturated rings. The summed E-state index contributed by atoms with van der Waals surface area (Å²) in [7, 11) is 0. The summed E-state index contributed by atoms with van der Waals surface area (Å²) in [6.45, 7) is 0. The number of nitro benzene ring substituents is 1. The van der Waals surface area contributed by atoms with Gasteiger partial charge in [-0.25, -0.2) is 0 Å². The number of anilines is 1. The van der Waals surface area contributed by atoms with E-state index in [0.29, 0.717) is 27.7 Å². The van der Waals surface area contributed by atoms with E-state index in [9.17, 15) is 19.7 Å². The minimum Gasteiger partial charge on any atom is -0.399 e. The van der Waals surface area contributed by atoms with Gasteiger partial charge in [0, 0.05) is 52.1 Å². The van der Waals surface area contributed by atoms with Crippen molar-refractivity contribution in [2.24, 2.45) is 0 Å². The van der Waals surface area contributed by atoms with Crippen molar-refractivity contribution in [1.29, 1.82) is 0 Å². The van der Waals surface area contributed by atoms with Crippen LogP contribution in [0.1, 0.15) is 20.7 Å². The van der Waals surface area contributed by atoms with Crippen molar-refractivity contribution in [3.05, 3.63) is 143 Å². The van der Waals surface area contributed by atoms with Gasteiger partial charge in [0.2, 0.25) is 0 Å². The Morgan fingerprint density at radius 1 is 0.632 bits per heavy atom. The fraction of sp³-hybridized carbons (Fsp3) is 0. The maximum Gasteiger partial charge on any atom is 0.270 e. The molecule has 2 heterocycles. The summed E-state index contributed by atoms with van der Waals surface area (Å²) in [5, 5.41) is 12.4. The minimum absolute atomic E-state index is 0.0161. The summed E-state index contributed by atoms with van der Waals surface area (Å²) in [5.74, 6) is -0.190. The van der Waals surface area contributed by atoms with Crippen LogP contribution >= 0.6 is 0 Å². The summed E-state index contributed by atoms with van der Waals surface area (Å²) in [4.78, 5) is 35.0. The average Bonchev–Trinajstić information content (AvgIpc) is 3.57. The van der Waals surface area contributed by atoms with Crippen molar-refractivity contribution in [1.82, 2.24) is 9.13 Å². The highest BCUT2D eigenvalue weighted by Gasteiger charge is 2.14. The van der Waals surface area contributed by atoms with Crippen LogP contribution in [0.15, 0.2) is 122 Å². The maximum absolute atomic E-state index is 12.4. The van der Waals surface area contributed by atoms with Gasteiger partial charge in [-0.1, -0.05) is 36.4 Å². The van der Waals surface area contributed by atoms with E-state index < -0.39 is 4.92 Å². The van der Waals surface area contributed by atoms with Gasteiger partial charge in [-0.2, -0.15) is 0 Å². The zero-order chi connectivity index (χ0) is 26.6. The Bertz CT molecular complexity index is 1790. The molecule has 8 nitrogen and oxygen atoms in total. The fourth-order valence-electron chi connectivity index (χ4n) is 4.20. The summed E-state index contributed by atoms with van der Waals surface area (Å²) in [6, 6.07) is 31.7. The quantitative estimate of drug-likeness (QED) is 0.177. The minimum atomic E-state index is -0.449. The number of carbonyl (C=O) groups excluding carboxylic acids is 2. The molecule has 6 aromatic rings. The molecular formula is C30H22N4O4. The van der Waals surface area contributed by atoms with Crippen LogP contribution in [0.3, 0.4) is 0 Å². The largest absolute Gasteiger partial charge is 0.399 e. The molecule has 0 saturated carbocycles. The Labute approximate surface area is 217 Å². The molecule has 0 bridgehead atoms. The molecule has 0 unspecified atom stereocenters. The first-order valence-corrected chi connectivity index (χ1v) is 11.7. The number of nitrogens with two attached hydrogens (primary N) is 1. The SMILES string of the molecule is Nc1ccc2c(ccn2C(=O)c2ccccc2)c1.O=C(c1ccccc1)n1ccc2cc([N+](=O)[O-])ccc21. The molecule has 0 amide bonds. The highest BCUT2D eigenvalue weighted by atomic mass is 16.6. The molecular weight excluding hydrogens is 480 g/mol. The third-order valence-corrected chi connectivity index (χ3v) is 6.08. The lowest BCUT2D eigenvalue weighted by atomic mass is 10.2. The van der Waals surface area contributed by atoms with E-state index in [4.69, 9.17) is 5.73 Å². The first kappa shape index (κ1) is 24.2. The predicted octanol–water partition coefficient (Wildman–Crippen LogP) is 6.15. The molecule has 0 aliphatic rings. The Balaban J connectivity index is 0.000000156. The van der Waals surface area contributed by atoms with Crippen LogP contribution in [0.2, 0.25) is 0 Å². The molecule has 6 rings (SSSR count). The third-order valence-electron chi connectivity index (χ3n) is 6.08. The van der Waals surface area contributed by atoms with Crippen molar-refractivity contribution < 1.29 is 14.5 Å². The zero-order valence-electron chi connectivity index (χ0n) is 20.1. The lowest BCUT2D eigenvalue weighted by Gasteiger charge is -2.04. The van der Waals surface area contributed by atoms with Crippen molar-refractivity contribution >= 4 is 45.0 Å². The maximum atomic E-state index is 12.4. The number of benzene rings is 4. The highest BCUT2D eigenvalue weighted by Crippen LogP contribution is 2.23. The van der Waals surface area contributed by atoms with Crippen molar-refractivity contribution in [3.8, 4) is 0 Å². The molecule has 0 radical (unpaired) electrons. The standard InChI is InChI=1S/C15H10N2O3.C15H12N2O/c18-15(11-4-2-1-3-5-11)16-9-8-12-10-13(17(19)20)6-7-14(12)16;16-13-6-7-14-12(10-13)8-9-17(14)15(18)11-4-2-1-3-5-11/h1-10H;1-10H,16H2. The van der Waals surface area contributed by atoms with E-state index in [2.05, 4.69) is 0 Å². The molecule has 0 aliphatic carbocycles. The molecule has 0 atom stereocenters. The number of rotatable bonds is 3. The van der Waals surface area contributed by atoms with E-state index in [1.165, 1.54) is 16.7 Å². The van der Waals surface area contributed by atoms with Crippen LogP contribution in [0.5, 0.6) is 0 Å². The smallest absolute Gasteiger partial charge is 0.270 e. The Morgan fingerprint density at radius 3 is 1.61 bits per heavy atom. The number of fused-ring (bicyclic) bond motifs is 2. The summed E-state index contributed by atoms with van der Waals surface area (Å²) < 4.78 is 3.14. The second-order valence-electron chi connectivity index (χ2n) is 8.53. The van der Waals surface area contributed by atoms with Gasteiger partial charge in [-0.05, 0) is 60.7 Å². The number of nitrogen functional groups attached to an aromatic ring is 1. The van der Waals surface area contributed by atoms with Crippen LogP contribution in [-0.2, 0) is 0 Å². The molecule has 2 N–H and O–H groups in total. The molecule has 0 spiro atoms. The van der Waals surface area contributed by atoms with Gasteiger partial charge in [-0.3, -0.25) is 28.8 Å². The number of nitro groups is 1. The van der Waals surface area contributed by atoms with Crippen LogP contribution < -0.4 is 5.73 Å². The van der Waals surface area contributed by atoms with Crippen LogP contribution in [0.25, 0.3) is 21.8 Å². The molecule has 186 valence electrons. The molecule has 2 aromatic heterocycles. The Kier molecular flexibility index (Phi) is 6.52. The Hall–Kier alpha value is -5.50. The fourth-order valence-corrected chi connectivity index (χ4v) is 4.20. The second kappa shape index (κ2) is 10.2. The summed E-state index contributed by atoms with van der Waals surface area (Å²) in [6.07, 6.45) is 3.41. The second-order valence-corrected chi connectivity index (χ2v) is 8.53. The lowest BCUT2D eigenvalue weighted by Crippen LogP contribution is -2.10. The monoisotopic (exact) mass is 502 g/mol. The van der Waals surface area contributed by atoms with E-state index in [1.54, 1.807) is 59.4 Å². The van der Waals surface area contributed by atoms with Crippen molar-refractivity contribution in [3.63, 3.8) is 0 Å². The van der Waals surface area contributed by atoms with E-state index in [0.717, 1.165) is 10.9 Å². The lowest BCUT2D eigenvalue weighted by molar-refractivity contribution is -0.384. The van der Waals surface area contributed by atoms with Crippen LogP contribution in [0.4, 0.5) is 11.4 Å². The summed E-state index contributed by atoms with van der Waals surface area (Å²) >= 11 is 0. The van der Waals surface area contributed by atoms with Gasteiger partial charge in [0.1, 0.15) is 0 Å². The Morgan fingerprint density at radius 2 is 1.11 bits per heavy atom. The number of hydrogen-bond donors (Lipinski definition) is 1. The van der Waals surface area contributed by atoms with Crippen LogP contribution in [0, 0.1) is 10.1 Å². The third kappa shape index (κ3) is 4.78. The van der Waals surface area contributed by atoms with Crippen molar-refractivity contribution in [2.75, 3.05) is 5.73 Å². The van der Waals surface area contributed by atoms with E-state index in [1.807, 2.05) is 54.6 Å². The molecule has 38 heavy (non-hydrogen) atoms.